The zero-order chi connectivity index (χ0) is 7.40. The fraction of sp³-hybridized carbons (Fsp3) is 0. The summed E-state index contributed by atoms with van der Waals surface area (Å²) >= 11 is 0. The van der Waals surface area contributed by atoms with Gasteiger partial charge in [0.25, 0.3) is 0 Å². The summed E-state index contributed by atoms with van der Waals surface area (Å²) in [5, 5.41) is 8.44. The Morgan fingerprint density at radius 2 is 2.30 bits per heavy atom. The highest BCUT2D eigenvalue weighted by Crippen LogP contribution is 2.07. The van der Waals surface area contributed by atoms with Gasteiger partial charge in [-0.05, 0) is 18.2 Å². The van der Waals surface area contributed by atoms with E-state index in [1.54, 1.807) is 24.3 Å². The smallest absolute Gasteiger partial charge is 0.0614 e. The van der Waals surface area contributed by atoms with E-state index in [2.05, 4.69) is 5.92 Å². The van der Waals surface area contributed by atoms with Crippen LogP contribution in [0.4, 0.5) is 5.69 Å². The number of rotatable bonds is 1. The summed E-state index contributed by atoms with van der Waals surface area (Å²) in [5.74, 6) is 2.45. The van der Waals surface area contributed by atoms with E-state index in [-0.39, 0.29) is 0 Å². The van der Waals surface area contributed by atoms with Crippen molar-refractivity contribution in [2.24, 2.45) is 0 Å². The van der Waals surface area contributed by atoms with Gasteiger partial charge in [-0.3, -0.25) is 10.7 Å². The number of hydrogen-bond acceptors (Lipinski definition) is 2. The molecule has 10 heavy (non-hydrogen) atoms. The van der Waals surface area contributed by atoms with Crippen LogP contribution in [0.15, 0.2) is 24.3 Å². The SMILES string of the molecule is C#Cc1cccc(NO)c1. The van der Waals surface area contributed by atoms with Crippen molar-refractivity contribution in [3.8, 4) is 12.3 Å². The number of nitrogens with one attached hydrogen (secondary N) is 1. The van der Waals surface area contributed by atoms with Gasteiger partial charge in [0, 0.05) is 5.56 Å². The Morgan fingerprint density at radius 1 is 1.50 bits per heavy atom. The van der Waals surface area contributed by atoms with Crippen LogP contribution in [0.3, 0.4) is 0 Å². The first-order chi connectivity index (χ1) is 4.86. The minimum Gasteiger partial charge on any atom is -0.291 e. The van der Waals surface area contributed by atoms with Gasteiger partial charge in [-0.15, -0.1) is 6.42 Å². The van der Waals surface area contributed by atoms with Gasteiger partial charge in [0.15, 0.2) is 0 Å². The van der Waals surface area contributed by atoms with Crippen molar-refractivity contribution in [2.45, 2.75) is 0 Å². The third-order valence-electron chi connectivity index (χ3n) is 1.16. The first-order valence-electron chi connectivity index (χ1n) is 2.83. The van der Waals surface area contributed by atoms with Gasteiger partial charge in [-0.2, -0.15) is 0 Å². The average molecular weight is 133 g/mol. The third-order valence-corrected chi connectivity index (χ3v) is 1.16. The van der Waals surface area contributed by atoms with Crippen molar-refractivity contribution in [1.29, 1.82) is 0 Å². The molecule has 2 heteroatoms. The summed E-state index contributed by atoms with van der Waals surface area (Å²) in [7, 11) is 0. The predicted octanol–water partition coefficient (Wildman–Crippen LogP) is 1.47. The maximum atomic E-state index is 8.44. The standard InChI is InChI=1S/C8H7NO/c1-2-7-4-3-5-8(6-7)9-10/h1,3-6,9-10H. The van der Waals surface area contributed by atoms with Gasteiger partial charge in [-0.25, -0.2) is 0 Å². The lowest BCUT2D eigenvalue weighted by Gasteiger charge is -1.96. The van der Waals surface area contributed by atoms with Crippen LogP contribution in [0.2, 0.25) is 0 Å². The number of hydrogen-bond donors (Lipinski definition) is 2. The molecule has 0 saturated carbocycles. The highest BCUT2D eigenvalue weighted by molar-refractivity contribution is 5.48. The Balaban J connectivity index is 3.01. The summed E-state index contributed by atoms with van der Waals surface area (Å²) in [6.45, 7) is 0. The molecule has 0 radical (unpaired) electrons. The molecule has 2 nitrogen and oxygen atoms in total. The van der Waals surface area contributed by atoms with Crippen LogP contribution in [0.1, 0.15) is 5.56 Å². The lowest BCUT2D eigenvalue weighted by molar-refractivity contribution is 0.389. The Labute approximate surface area is 59.5 Å². The Morgan fingerprint density at radius 3 is 2.90 bits per heavy atom. The molecule has 2 N–H and O–H groups in total. The minimum absolute atomic E-state index is 0.607. The van der Waals surface area contributed by atoms with Crippen molar-refractivity contribution in [3.63, 3.8) is 0 Å². The second-order valence-corrected chi connectivity index (χ2v) is 1.84. The van der Waals surface area contributed by atoms with Gasteiger partial charge in [0.2, 0.25) is 0 Å². The number of benzene rings is 1. The number of terminal acetylenes is 1. The van der Waals surface area contributed by atoms with E-state index >= 15 is 0 Å². The molecule has 0 saturated heterocycles. The molecule has 1 aromatic carbocycles. The number of anilines is 1. The molecule has 0 aliphatic heterocycles. The highest BCUT2D eigenvalue weighted by Gasteiger charge is 1.88. The fourth-order valence-corrected chi connectivity index (χ4v) is 0.679. The van der Waals surface area contributed by atoms with Crippen LogP contribution in [-0.4, -0.2) is 5.21 Å². The summed E-state index contributed by atoms with van der Waals surface area (Å²) in [6.07, 6.45) is 5.11. The van der Waals surface area contributed by atoms with Crippen molar-refractivity contribution in [1.82, 2.24) is 0 Å². The normalized spacial score (nSPS) is 8.40. The molecule has 0 atom stereocenters. The molecule has 0 spiro atoms. The molecule has 1 aromatic rings. The van der Waals surface area contributed by atoms with E-state index in [1.807, 2.05) is 5.48 Å². The molecule has 0 heterocycles. The maximum Gasteiger partial charge on any atom is 0.0614 e. The highest BCUT2D eigenvalue weighted by atomic mass is 16.5. The molecule has 0 fully saturated rings. The van der Waals surface area contributed by atoms with Gasteiger partial charge in [0.1, 0.15) is 0 Å². The molecule has 0 unspecified atom stereocenters. The summed E-state index contributed by atoms with van der Waals surface area (Å²) in [4.78, 5) is 0. The van der Waals surface area contributed by atoms with Gasteiger partial charge < -0.3 is 0 Å². The molecule has 0 amide bonds. The van der Waals surface area contributed by atoms with Crippen molar-refractivity contribution in [2.75, 3.05) is 5.48 Å². The topological polar surface area (TPSA) is 32.3 Å². The minimum atomic E-state index is 0.607. The van der Waals surface area contributed by atoms with Gasteiger partial charge in [-0.1, -0.05) is 12.0 Å². The van der Waals surface area contributed by atoms with Crippen LogP contribution < -0.4 is 5.48 Å². The second kappa shape index (κ2) is 2.90. The Kier molecular flexibility index (Phi) is 1.93. The quantitative estimate of drug-likeness (QED) is 0.449. The van der Waals surface area contributed by atoms with Crippen LogP contribution in [0.25, 0.3) is 0 Å². The molecule has 0 aromatic heterocycles. The van der Waals surface area contributed by atoms with Crippen molar-refractivity contribution >= 4 is 5.69 Å². The fourth-order valence-electron chi connectivity index (χ4n) is 0.679. The predicted molar refractivity (Wildman–Crippen MR) is 39.8 cm³/mol. The monoisotopic (exact) mass is 133 g/mol. The van der Waals surface area contributed by atoms with E-state index in [9.17, 15) is 0 Å². The Hall–Kier alpha value is -1.46. The zero-order valence-corrected chi connectivity index (χ0v) is 5.33. The first-order valence-corrected chi connectivity index (χ1v) is 2.83. The molecular formula is C8H7NO. The van der Waals surface area contributed by atoms with Crippen LogP contribution in [0.5, 0.6) is 0 Å². The van der Waals surface area contributed by atoms with Crippen molar-refractivity contribution < 1.29 is 5.21 Å². The summed E-state index contributed by atoms with van der Waals surface area (Å²) in [6, 6.07) is 6.97. The van der Waals surface area contributed by atoms with Gasteiger partial charge >= 0.3 is 0 Å². The zero-order valence-electron chi connectivity index (χ0n) is 5.33. The maximum absolute atomic E-state index is 8.44. The average Bonchev–Trinajstić information content (AvgIpc) is 2.05. The molecule has 0 aliphatic rings. The van der Waals surface area contributed by atoms with Crippen molar-refractivity contribution in [3.05, 3.63) is 29.8 Å². The van der Waals surface area contributed by atoms with Crippen LogP contribution in [-0.2, 0) is 0 Å². The molecule has 1 rings (SSSR count). The van der Waals surface area contributed by atoms with Gasteiger partial charge in [0.05, 0.1) is 5.69 Å². The second-order valence-electron chi connectivity index (χ2n) is 1.84. The van der Waals surface area contributed by atoms with Crippen LogP contribution >= 0.6 is 0 Å². The Bertz CT molecular complexity index is 262. The van der Waals surface area contributed by atoms with E-state index in [4.69, 9.17) is 11.6 Å². The lowest BCUT2D eigenvalue weighted by Crippen LogP contribution is -1.88. The van der Waals surface area contributed by atoms with E-state index in [0.29, 0.717) is 5.69 Å². The largest absolute Gasteiger partial charge is 0.291 e. The lowest BCUT2D eigenvalue weighted by atomic mass is 10.2. The third kappa shape index (κ3) is 1.28. The summed E-state index contributed by atoms with van der Waals surface area (Å²) < 4.78 is 0. The van der Waals surface area contributed by atoms with E-state index < -0.39 is 0 Å². The van der Waals surface area contributed by atoms with Crippen LogP contribution in [0, 0.1) is 12.3 Å². The first kappa shape index (κ1) is 6.66. The van der Waals surface area contributed by atoms with E-state index in [0.717, 1.165) is 5.56 Å². The molecule has 50 valence electrons. The summed E-state index contributed by atoms with van der Waals surface area (Å²) in [5.41, 5.74) is 3.36. The van der Waals surface area contributed by atoms with E-state index in [1.165, 1.54) is 0 Å². The molecule has 0 bridgehead atoms. The molecular weight excluding hydrogens is 126 g/mol. The molecule has 0 aliphatic carbocycles.